The van der Waals surface area contributed by atoms with E-state index in [4.69, 9.17) is 0 Å². The van der Waals surface area contributed by atoms with E-state index in [1.54, 1.807) is 6.07 Å². The minimum Gasteiger partial charge on any atom is -0.258 e. The maximum absolute atomic E-state index is 12.2. The number of rotatable bonds is 1. The molecular formula is C11H20FN. The Morgan fingerprint density at radius 1 is 1.15 bits per heavy atom. The Balaban J connectivity index is 0. The van der Waals surface area contributed by atoms with E-state index < -0.39 is 0 Å². The molecule has 13 heavy (non-hydrogen) atoms. The molecule has 0 aliphatic carbocycles. The SMILES string of the molecule is CC.CC.CCc1ccc(F)cn1. The van der Waals surface area contributed by atoms with Crippen LogP contribution in [0.2, 0.25) is 0 Å². The lowest BCUT2D eigenvalue weighted by atomic mass is 10.3. The maximum Gasteiger partial charge on any atom is 0.141 e. The molecule has 0 amide bonds. The summed E-state index contributed by atoms with van der Waals surface area (Å²) in [6.45, 7) is 9.99. The largest absolute Gasteiger partial charge is 0.258 e. The van der Waals surface area contributed by atoms with Crippen LogP contribution in [0.25, 0.3) is 0 Å². The van der Waals surface area contributed by atoms with Gasteiger partial charge in [-0.2, -0.15) is 0 Å². The fraction of sp³-hybridized carbons (Fsp3) is 0.545. The molecule has 0 aromatic carbocycles. The first-order chi connectivity index (χ1) is 6.33. The smallest absolute Gasteiger partial charge is 0.141 e. The number of pyridine rings is 1. The van der Waals surface area contributed by atoms with Crippen molar-refractivity contribution in [2.75, 3.05) is 0 Å². The van der Waals surface area contributed by atoms with E-state index in [1.807, 2.05) is 34.6 Å². The van der Waals surface area contributed by atoms with Crippen LogP contribution in [-0.2, 0) is 6.42 Å². The van der Waals surface area contributed by atoms with Crippen LogP contribution >= 0.6 is 0 Å². The Morgan fingerprint density at radius 3 is 2.00 bits per heavy atom. The molecule has 0 radical (unpaired) electrons. The summed E-state index contributed by atoms with van der Waals surface area (Å²) in [7, 11) is 0. The fourth-order valence-electron chi connectivity index (χ4n) is 0.616. The van der Waals surface area contributed by atoms with Crippen molar-refractivity contribution < 1.29 is 4.39 Å². The van der Waals surface area contributed by atoms with Crippen LogP contribution in [0.1, 0.15) is 40.3 Å². The van der Waals surface area contributed by atoms with Gasteiger partial charge in [-0.1, -0.05) is 34.6 Å². The van der Waals surface area contributed by atoms with E-state index >= 15 is 0 Å². The molecule has 0 aliphatic rings. The molecule has 0 fully saturated rings. The fourth-order valence-corrected chi connectivity index (χ4v) is 0.616. The highest BCUT2D eigenvalue weighted by molar-refractivity contribution is 5.04. The van der Waals surface area contributed by atoms with Gasteiger partial charge in [-0.25, -0.2) is 4.39 Å². The zero-order chi connectivity index (χ0) is 10.7. The monoisotopic (exact) mass is 185 g/mol. The van der Waals surface area contributed by atoms with Gasteiger partial charge in [0.2, 0.25) is 0 Å². The van der Waals surface area contributed by atoms with Crippen LogP contribution in [0.4, 0.5) is 4.39 Å². The van der Waals surface area contributed by atoms with E-state index in [0.29, 0.717) is 0 Å². The third kappa shape index (κ3) is 7.44. The van der Waals surface area contributed by atoms with E-state index in [2.05, 4.69) is 4.98 Å². The van der Waals surface area contributed by atoms with Crippen molar-refractivity contribution in [3.8, 4) is 0 Å². The normalized spacial score (nSPS) is 7.54. The van der Waals surface area contributed by atoms with Gasteiger partial charge in [-0.15, -0.1) is 0 Å². The molecule has 1 rings (SSSR count). The van der Waals surface area contributed by atoms with Gasteiger partial charge < -0.3 is 0 Å². The van der Waals surface area contributed by atoms with Crippen LogP contribution < -0.4 is 0 Å². The maximum atomic E-state index is 12.2. The van der Waals surface area contributed by atoms with Crippen LogP contribution in [0.3, 0.4) is 0 Å². The molecule has 1 aromatic heterocycles. The van der Waals surface area contributed by atoms with Crippen molar-refractivity contribution >= 4 is 0 Å². The molecule has 0 saturated carbocycles. The average molecular weight is 185 g/mol. The van der Waals surface area contributed by atoms with Crippen LogP contribution in [0.5, 0.6) is 0 Å². The summed E-state index contributed by atoms with van der Waals surface area (Å²) < 4.78 is 12.2. The number of halogens is 1. The summed E-state index contributed by atoms with van der Waals surface area (Å²) in [5, 5.41) is 0. The Labute approximate surface area is 81.0 Å². The molecule has 0 N–H and O–H groups in total. The minimum atomic E-state index is -0.271. The number of hydrogen-bond donors (Lipinski definition) is 0. The standard InChI is InChI=1S/C7H8FN.2C2H6/c1-2-7-4-3-6(8)5-9-7;2*1-2/h3-5H,2H2,1H3;2*1-2H3. The molecule has 0 saturated heterocycles. The molecule has 0 unspecified atom stereocenters. The van der Waals surface area contributed by atoms with Crippen molar-refractivity contribution in [2.45, 2.75) is 41.0 Å². The molecule has 0 atom stereocenters. The highest BCUT2D eigenvalue weighted by Gasteiger charge is 1.89. The highest BCUT2D eigenvalue weighted by Crippen LogP contribution is 1.97. The topological polar surface area (TPSA) is 12.9 Å². The molecule has 76 valence electrons. The summed E-state index contributed by atoms with van der Waals surface area (Å²) in [5.74, 6) is -0.271. The first-order valence-electron chi connectivity index (χ1n) is 4.93. The first kappa shape index (κ1) is 14.6. The molecule has 1 aromatic rings. The summed E-state index contributed by atoms with van der Waals surface area (Å²) in [4.78, 5) is 3.82. The second-order valence-electron chi connectivity index (χ2n) is 1.82. The molecule has 0 bridgehead atoms. The second kappa shape index (κ2) is 11.1. The van der Waals surface area contributed by atoms with Gasteiger partial charge in [-0.05, 0) is 18.6 Å². The minimum absolute atomic E-state index is 0.271. The third-order valence-corrected chi connectivity index (χ3v) is 1.15. The van der Waals surface area contributed by atoms with Crippen molar-refractivity contribution in [1.82, 2.24) is 4.98 Å². The molecule has 2 heteroatoms. The molecule has 0 spiro atoms. The lowest BCUT2D eigenvalue weighted by Gasteiger charge is -1.91. The van der Waals surface area contributed by atoms with Gasteiger partial charge in [0, 0.05) is 5.69 Å². The van der Waals surface area contributed by atoms with Crippen LogP contribution in [0.15, 0.2) is 18.3 Å². The average Bonchev–Trinajstić information content (AvgIpc) is 2.25. The quantitative estimate of drug-likeness (QED) is 0.648. The molecule has 1 heterocycles. The first-order valence-corrected chi connectivity index (χ1v) is 4.93. The zero-order valence-electron chi connectivity index (χ0n) is 9.26. The number of nitrogens with zero attached hydrogens (tertiary/aromatic N) is 1. The van der Waals surface area contributed by atoms with Crippen molar-refractivity contribution in [2.24, 2.45) is 0 Å². The summed E-state index contributed by atoms with van der Waals surface area (Å²) in [6, 6.07) is 3.11. The predicted octanol–water partition coefficient (Wildman–Crippen LogP) is 3.84. The Hall–Kier alpha value is -0.920. The van der Waals surface area contributed by atoms with Crippen molar-refractivity contribution in [3.63, 3.8) is 0 Å². The Kier molecular flexibility index (Phi) is 12.4. The van der Waals surface area contributed by atoms with Gasteiger partial charge in [0.05, 0.1) is 6.20 Å². The van der Waals surface area contributed by atoms with E-state index in [-0.39, 0.29) is 5.82 Å². The van der Waals surface area contributed by atoms with Gasteiger partial charge in [-0.3, -0.25) is 4.98 Å². The van der Waals surface area contributed by atoms with Gasteiger partial charge >= 0.3 is 0 Å². The zero-order valence-corrected chi connectivity index (χ0v) is 9.26. The van der Waals surface area contributed by atoms with E-state index in [0.717, 1.165) is 12.1 Å². The summed E-state index contributed by atoms with van der Waals surface area (Å²) >= 11 is 0. The number of aromatic nitrogens is 1. The van der Waals surface area contributed by atoms with Crippen LogP contribution in [-0.4, -0.2) is 4.98 Å². The Bertz CT molecular complexity index is 182. The summed E-state index contributed by atoms with van der Waals surface area (Å²) in [5.41, 5.74) is 0.927. The van der Waals surface area contributed by atoms with Gasteiger partial charge in [0.15, 0.2) is 0 Å². The predicted molar refractivity (Wildman–Crippen MR) is 56.3 cm³/mol. The van der Waals surface area contributed by atoms with Gasteiger partial charge in [0.1, 0.15) is 5.82 Å². The third-order valence-electron chi connectivity index (χ3n) is 1.15. The Morgan fingerprint density at radius 2 is 1.69 bits per heavy atom. The molecule has 1 nitrogen and oxygen atoms in total. The lowest BCUT2D eigenvalue weighted by molar-refractivity contribution is 0.619. The number of hydrogen-bond acceptors (Lipinski definition) is 1. The highest BCUT2D eigenvalue weighted by atomic mass is 19.1. The van der Waals surface area contributed by atoms with Crippen molar-refractivity contribution in [3.05, 3.63) is 29.8 Å². The van der Waals surface area contributed by atoms with Crippen molar-refractivity contribution in [1.29, 1.82) is 0 Å². The number of aryl methyl sites for hydroxylation is 1. The second-order valence-corrected chi connectivity index (χ2v) is 1.82. The van der Waals surface area contributed by atoms with Crippen LogP contribution in [0, 0.1) is 5.82 Å². The summed E-state index contributed by atoms with van der Waals surface area (Å²) in [6.07, 6.45) is 2.10. The molecule has 0 aliphatic heterocycles. The lowest BCUT2D eigenvalue weighted by Crippen LogP contribution is -1.85. The van der Waals surface area contributed by atoms with E-state index in [1.165, 1.54) is 12.3 Å². The molecular weight excluding hydrogens is 165 g/mol. The van der Waals surface area contributed by atoms with Gasteiger partial charge in [0.25, 0.3) is 0 Å². The van der Waals surface area contributed by atoms with E-state index in [9.17, 15) is 4.39 Å².